The van der Waals surface area contributed by atoms with Gasteiger partial charge in [-0.1, -0.05) is 30.3 Å². The third-order valence-corrected chi connectivity index (χ3v) is 9.22. The van der Waals surface area contributed by atoms with Gasteiger partial charge in [0.2, 0.25) is 0 Å². The van der Waals surface area contributed by atoms with Crippen LogP contribution in [0.5, 0.6) is 5.75 Å². The van der Waals surface area contributed by atoms with Crippen LogP contribution in [0.25, 0.3) is 11.1 Å². The Labute approximate surface area is 330 Å². The van der Waals surface area contributed by atoms with E-state index in [1.807, 2.05) is 53.4 Å². The molecule has 1 saturated heterocycles. The van der Waals surface area contributed by atoms with Crippen LogP contribution in [0.4, 0.5) is 25.9 Å². The highest BCUT2D eigenvalue weighted by atomic mass is 16.6. The van der Waals surface area contributed by atoms with Crippen molar-refractivity contribution < 1.29 is 38.1 Å². The smallest absolute Gasteiger partial charge is 0.435 e. The first-order valence-electron chi connectivity index (χ1n) is 19.4. The summed E-state index contributed by atoms with van der Waals surface area (Å²) in [6.07, 6.45) is 2.28. The molecule has 3 aromatic rings. The number of nitrogens with zero attached hydrogens (tertiary/aromatic N) is 4. The number of esters is 1. The summed E-state index contributed by atoms with van der Waals surface area (Å²) in [5.74, 6) is 0.308. The third-order valence-electron chi connectivity index (χ3n) is 9.22. The maximum atomic E-state index is 13.8. The molecule has 1 aromatic heterocycles. The van der Waals surface area contributed by atoms with E-state index in [0.29, 0.717) is 30.1 Å². The van der Waals surface area contributed by atoms with E-state index in [1.54, 1.807) is 69.2 Å². The van der Waals surface area contributed by atoms with Crippen molar-refractivity contribution >= 4 is 35.7 Å². The van der Waals surface area contributed by atoms with E-state index in [4.69, 9.17) is 18.9 Å². The van der Waals surface area contributed by atoms with Crippen LogP contribution in [0.3, 0.4) is 0 Å². The maximum Gasteiger partial charge on any atom is 0.435 e. The number of nitrogens with one attached hydrogen (secondary N) is 2. The number of carbonyl (C=O) groups excluding carboxylic acids is 4. The minimum atomic E-state index is -1.13. The largest absolute Gasteiger partial charge is 0.476 e. The van der Waals surface area contributed by atoms with Crippen molar-refractivity contribution in [3.8, 4) is 16.9 Å². The molecule has 2 aromatic carbocycles. The van der Waals surface area contributed by atoms with Gasteiger partial charge >= 0.3 is 24.2 Å². The first-order valence-corrected chi connectivity index (χ1v) is 19.4. The summed E-state index contributed by atoms with van der Waals surface area (Å²) in [6, 6.07) is 15.3. The second kappa shape index (κ2) is 16.8. The first kappa shape index (κ1) is 41.9. The number of benzene rings is 2. The fourth-order valence-electron chi connectivity index (χ4n) is 6.52. The standard InChI is InChI=1S/C42H58N6O8/c1-11-53-36(49)42(9,10)54-33-16-12-15-32(24-33)46-23-13-14-30(26-46)43-37(50)47(31-21-22-31)25-28-17-19-29(20-18-28)34-27(2)48(39(52)56-41(6,7)8)45-35(34)44-38(51)55-40(3,4)5/h12,15-20,24,30-31H,11,13-14,21-23,25-26H2,1-10H3,(H,43,50)(H,44,45,51)/t30-/m1/s1. The number of anilines is 2. The maximum absolute atomic E-state index is 13.8. The lowest BCUT2D eigenvalue weighted by Gasteiger charge is -2.36. The Balaban J connectivity index is 1.27. The van der Waals surface area contributed by atoms with Crippen LogP contribution >= 0.6 is 0 Å². The lowest BCUT2D eigenvalue weighted by Crippen LogP contribution is -2.52. The fraction of sp³-hybridized carbons (Fsp3) is 0.548. The molecule has 0 unspecified atom stereocenters. The van der Waals surface area contributed by atoms with E-state index in [0.717, 1.165) is 53.7 Å². The minimum absolute atomic E-state index is 0.0548. The molecule has 1 aliphatic heterocycles. The van der Waals surface area contributed by atoms with Crippen LogP contribution in [-0.4, -0.2) is 87.5 Å². The summed E-state index contributed by atoms with van der Waals surface area (Å²) in [5.41, 5.74) is 1.02. The molecule has 0 radical (unpaired) electrons. The molecule has 2 heterocycles. The zero-order valence-electron chi connectivity index (χ0n) is 34.5. The first-order chi connectivity index (χ1) is 26.2. The number of rotatable bonds is 11. The topological polar surface area (TPSA) is 154 Å². The zero-order valence-corrected chi connectivity index (χ0v) is 34.5. The lowest BCUT2D eigenvalue weighted by molar-refractivity contribution is -0.158. The SMILES string of the molecule is CCOC(=O)C(C)(C)Oc1cccc(N2CCC[C@@H](NC(=O)N(Cc3ccc(-c4c(NC(=O)OC(C)(C)C)nn(C(=O)OC(C)(C)C)c4C)cc3)C3CC3)C2)c1. The van der Waals surface area contributed by atoms with Crippen LogP contribution in [-0.2, 0) is 25.5 Å². The Kier molecular flexibility index (Phi) is 12.6. The van der Waals surface area contributed by atoms with E-state index in [2.05, 4.69) is 20.6 Å². The summed E-state index contributed by atoms with van der Waals surface area (Å²) in [4.78, 5) is 56.3. The highest BCUT2D eigenvalue weighted by Crippen LogP contribution is 2.34. The normalized spacial score (nSPS) is 16.1. The molecule has 1 aliphatic carbocycles. The molecule has 5 rings (SSSR count). The lowest BCUT2D eigenvalue weighted by atomic mass is 10.0. The van der Waals surface area contributed by atoms with Gasteiger partial charge in [-0.15, -0.1) is 5.10 Å². The van der Waals surface area contributed by atoms with E-state index in [-0.39, 0.29) is 30.5 Å². The van der Waals surface area contributed by atoms with Crippen LogP contribution in [0.2, 0.25) is 0 Å². The number of amides is 3. The Bertz CT molecular complexity index is 1890. The average molecular weight is 775 g/mol. The Morgan fingerprint density at radius 2 is 1.59 bits per heavy atom. The Morgan fingerprint density at radius 1 is 0.911 bits per heavy atom. The molecule has 2 N–H and O–H groups in total. The van der Waals surface area contributed by atoms with E-state index in [9.17, 15) is 19.2 Å². The van der Waals surface area contributed by atoms with E-state index < -0.39 is 35.0 Å². The highest BCUT2D eigenvalue weighted by Gasteiger charge is 2.35. The number of carbonyl (C=O) groups is 4. The van der Waals surface area contributed by atoms with Crippen molar-refractivity contribution in [2.24, 2.45) is 0 Å². The quantitative estimate of drug-likeness (QED) is 0.145. The van der Waals surface area contributed by atoms with Crippen molar-refractivity contribution in [2.45, 2.75) is 130 Å². The minimum Gasteiger partial charge on any atom is -0.476 e. The van der Waals surface area contributed by atoms with Gasteiger partial charge < -0.3 is 34.1 Å². The van der Waals surface area contributed by atoms with Gasteiger partial charge in [0, 0.05) is 49.0 Å². The van der Waals surface area contributed by atoms with Gasteiger partial charge in [0.25, 0.3) is 0 Å². The molecule has 304 valence electrons. The van der Waals surface area contributed by atoms with Gasteiger partial charge in [-0.3, -0.25) is 5.32 Å². The number of aromatic nitrogens is 2. The Hall–Kier alpha value is -5.27. The zero-order chi connectivity index (χ0) is 41.0. The van der Waals surface area contributed by atoms with Gasteiger partial charge in [-0.05, 0) is 118 Å². The summed E-state index contributed by atoms with van der Waals surface area (Å²) < 4.78 is 23.4. The van der Waals surface area contributed by atoms with Gasteiger partial charge in [0.15, 0.2) is 11.4 Å². The molecule has 3 amide bonds. The third kappa shape index (κ3) is 11.2. The van der Waals surface area contributed by atoms with Crippen LogP contribution in [0, 0.1) is 6.92 Å². The molecule has 0 spiro atoms. The van der Waals surface area contributed by atoms with Crippen LogP contribution in [0.1, 0.15) is 99.3 Å². The van der Waals surface area contributed by atoms with Gasteiger partial charge in [0.1, 0.15) is 17.0 Å². The van der Waals surface area contributed by atoms with Crippen molar-refractivity contribution in [1.29, 1.82) is 0 Å². The monoisotopic (exact) mass is 774 g/mol. The second-order valence-corrected chi connectivity index (χ2v) is 16.9. The van der Waals surface area contributed by atoms with Gasteiger partial charge in [0.05, 0.1) is 12.3 Å². The van der Waals surface area contributed by atoms with E-state index in [1.165, 1.54) is 0 Å². The van der Waals surface area contributed by atoms with Gasteiger partial charge in [-0.25, -0.2) is 19.2 Å². The average Bonchev–Trinajstić information content (AvgIpc) is 3.89. The van der Waals surface area contributed by atoms with Gasteiger partial charge in [-0.2, -0.15) is 4.68 Å². The van der Waals surface area contributed by atoms with Crippen LogP contribution in [0.15, 0.2) is 48.5 Å². The predicted octanol–water partition coefficient (Wildman–Crippen LogP) is 8.05. The molecule has 56 heavy (non-hydrogen) atoms. The summed E-state index contributed by atoms with van der Waals surface area (Å²) in [7, 11) is 0. The molecule has 2 fully saturated rings. The molecule has 14 nitrogen and oxygen atoms in total. The number of urea groups is 1. The Morgan fingerprint density at radius 3 is 2.21 bits per heavy atom. The number of hydrogen-bond acceptors (Lipinski definition) is 10. The molecule has 2 aliphatic rings. The van der Waals surface area contributed by atoms with Crippen LogP contribution < -0.4 is 20.3 Å². The predicted molar refractivity (Wildman–Crippen MR) is 214 cm³/mol. The molecule has 1 saturated carbocycles. The second-order valence-electron chi connectivity index (χ2n) is 16.9. The highest BCUT2D eigenvalue weighted by molar-refractivity contribution is 5.92. The molecule has 14 heteroatoms. The fourth-order valence-corrected chi connectivity index (χ4v) is 6.52. The van der Waals surface area contributed by atoms with Crippen molar-refractivity contribution in [2.75, 3.05) is 29.9 Å². The number of hydrogen-bond donors (Lipinski definition) is 2. The summed E-state index contributed by atoms with van der Waals surface area (Å²) >= 11 is 0. The number of ether oxygens (including phenoxy) is 4. The molecule has 1 atom stereocenters. The summed E-state index contributed by atoms with van der Waals surface area (Å²) in [6.45, 7) is 19.7. The van der Waals surface area contributed by atoms with E-state index >= 15 is 0 Å². The van der Waals surface area contributed by atoms with Crippen molar-refractivity contribution in [1.82, 2.24) is 20.0 Å². The number of piperidine rings is 1. The van der Waals surface area contributed by atoms with Crippen molar-refractivity contribution in [3.63, 3.8) is 0 Å². The molecule has 0 bridgehead atoms. The summed E-state index contributed by atoms with van der Waals surface area (Å²) in [5, 5.41) is 10.4. The molecular weight excluding hydrogens is 716 g/mol. The van der Waals surface area contributed by atoms with Crippen molar-refractivity contribution in [3.05, 3.63) is 59.8 Å². The molecular formula is C42H58N6O8.